The Kier molecular flexibility index (Phi) is 4.40. The number of hydrogen-bond donors (Lipinski definition) is 2. The number of amides is 1. The molecule has 2 fully saturated rings. The highest BCUT2D eigenvalue weighted by molar-refractivity contribution is 5.89. The largest absolute Gasteiger partial charge is 0.367 e. The number of hydrogen-bond acceptors (Lipinski definition) is 7. The third kappa shape index (κ3) is 3.59. The topological polar surface area (TPSA) is 111 Å². The summed E-state index contributed by atoms with van der Waals surface area (Å²) in [5.74, 6) is 2.04. The Labute approximate surface area is 178 Å². The van der Waals surface area contributed by atoms with E-state index in [4.69, 9.17) is 10.2 Å². The lowest BCUT2D eigenvalue weighted by Crippen LogP contribution is -2.16. The summed E-state index contributed by atoms with van der Waals surface area (Å²) < 4.78 is 1.77. The number of allylic oxidation sites excluding steroid dienone is 1. The van der Waals surface area contributed by atoms with E-state index in [1.807, 2.05) is 12.1 Å². The fraction of sp³-hybridized carbons (Fsp3) is 0.227. The number of carbonyl (C=O) groups is 1. The van der Waals surface area contributed by atoms with Gasteiger partial charge in [0.05, 0.1) is 18.2 Å². The molecular weight excluding hydrogens is 392 g/mol. The minimum atomic E-state index is 0.0195. The quantitative estimate of drug-likeness (QED) is 0.662. The van der Waals surface area contributed by atoms with Gasteiger partial charge in [-0.15, -0.1) is 0 Å². The summed E-state index contributed by atoms with van der Waals surface area (Å²) in [6, 6.07) is 7.82. The van der Waals surface area contributed by atoms with E-state index in [1.165, 1.54) is 6.20 Å². The third-order valence-electron chi connectivity index (χ3n) is 5.40. The molecule has 0 bridgehead atoms. The van der Waals surface area contributed by atoms with Crippen LogP contribution in [0.2, 0.25) is 0 Å². The van der Waals surface area contributed by atoms with Crippen LogP contribution >= 0.6 is 0 Å². The lowest BCUT2D eigenvalue weighted by atomic mass is 10.1. The van der Waals surface area contributed by atoms with Gasteiger partial charge in [0, 0.05) is 36.6 Å². The summed E-state index contributed by atoms with van der Waals surface area (Å²) in [4.78, 5) is 22.6. The Morgan fingerprint density at radius 1 is 1.29 bits per heavy atom. The molecule has 2 N–H and O–H groups in total. The first-order valence-electron chi connectivity index (χ1n) is 9.97. The summed E-state index contributed by atoms with van der Waals surface area (Å²) >= 11 is 0. The number of nitrogens with one attached hydrogen (secondary N) is 2. The number of pyridine rings is 1. The molecule has 1 aliphatic carbocycles. The van der Waals surface area contributed by atoms with Crippen molar-refractivity contribution in [3.63, 3.8) is 0 Å². The molecule has 0 aromatic carbocycles. The van der Waals surface area contributed by atoms with E-state index < -0.39 is 0 Å². The van der Waals surface area contributed by atoms with Crippen molar-refractivity contribution in [2.75, 3.05) is 17.7 Å². The van der Waals surface area contributed by atoms with Crippen molar-refractivity contribution in [1.82, 2.24) is 24.5 Å². The Balaban J connectivity index is 1.55. The molecule has 3 aromatic rings. The first-order valence-corrected chi connectivity index (χ1v) is 9.97. The Morgan fingerprint density at radius 2 is 2.13 bits per heavy atom. The summed E-state index contributed by atoms with van der Waals surface area (Å²) in [5, 5.41) is 20.2. The molecule has 1 aliphatic heterocycles. The summed E-state index contributed by atoms with van der Waals surface area (Å²) in [7, 11) is 1.73. The zero-order valence-electron chi connectivity index (χ0n) is 17.0. The molecular formula is C22H20N8O. The van der Waals surface area contributed by atoms with Crippen molar-refractivity contribution in [1.29, 1.82) is 5.26 Å². The summed E-state index contributed by atoms with van der Waals surface area (Å²) in [6.07, 6.45) is 7.73. The number of carbonyl (C=O) groups excluding carboxylic acids is 1. The van der Waals surface area contributed by atoms with Crippen LogP contribution in [0.15, 0.2) is 48.4 Å². The highest BCUT2D eigenvalue weighted by Gasteiger charge is 2.26. The number of anilines is 3. The highest BCUT2D eigenvalue weighted by Crippen LogP contribution is 2.31. The maximum atomic E-state index is 12.0. The van der Waals surface area contributed by atoms with E-state index in [0.29, 0.717) is 41.0 Å². The van der Waals surface area contributed by atoms with Gasteiger partial charge in [0.25, 0.3) is 0 Å². The van der Waals surface area contributed by atoms with E-state index in [2.05, 4.69) is 33.4 Å². The van der Waals surface area contributed by atoms with Crippen LogP contribution in [0.5, 0.6) is 0 Å². The first-order chi connectivity index (χ1) is 15.0. The molecule has 0 unspecified atom stereocenters. The Hall–Kier alpha value is -4.19. The van der Waals surface area contributed by atoms with Crippen molar-refractivity contribution in [3.8, 4) is 6.07 Å². The van der Waals surface area contributed by atoms with Gasteiger partial charge < -0.3 is 15.5 Å². The van der Waals surface area contributed by atoms with E-state index in [9.17, 15) is 4.79 Å². The summed E-state index contributed by atoms with van der Waals surface area (Å²) in [6.45, 7) is 4.01. The van der Waals surface area contributed by atoms with Crippen LogP contribution in [0.1, 0.15) is 30.4 Å². The van der Waals surface area contributed by atoms with Crippen molar-refractivity contribution in [2.24, 2.45) is 0 Å². The minimum Gasteiger partial charge on any atom is -0.367 e. The Bertz CT molecular complexity index is 1280. The van der Waals surface area contributed by atoms with Gasteiger partial charge in [0.1, 0.15) is 23.5 Å². The molecule has 0 atom stereocenters. The zero-order chi connectivity index (χ0) is 21.5. The van der Waals surface area contributed by atoms with Crippen LogP contribution in [0, 0.1) is 11.3 Å². The number of nitriles is 1. The first kappa shape index (κ1) is 18.8. The smallest absolute Gasteiger partial charge is 0.231 e. The molecule has 3 aromatic heterocycles. The molecule has 154 valence electrons. The number of fused-ring (bicyclic) bond motifs is 1. The molecule has 0 radical (unpaired) electrons. The second-order valence-corrected chi connectivity index (χ2v) is 7.70. The second-order valence-electron chi connectivity index (χ2n) is 7.70. The fourth-order valence-electron chi connectivity index (χ4n) is 3.42. The van der Waals surface area contributed by atoms with Gasteiger partial charge in [-0.25, -0.2) is 9.97 Å². The van der Waals surface area contributed by atoms with Crippen molar-refractivity contribution >= 4 is 35.1 Å². The predicted octanol–water partition coefficient (Wildman–Crippen LogP) is 3.07. The fourth-order valence-corrected chi connectivity index (χ4v) is 3.42. The SMILES string of the molecule is C=C1/C(=C/c2cnn3c(NC4CC4)cc(Nc4ccc(C#N)cn4)nc23)CC(=O)N1C. The van der Waals surface area contributed by atoms with Gasteiger partial charge in [-0.2, -0.15) is 14.9 Å². The second kappa shape index (κ2) is 7.25. The normalized spacial score (nSPS) is 17.4. The van der Waals surface area contributed by atoms with Gasteiger partial charge in [-0.1, -0.05) is 6.58 Å². The van der Waals surface area contributed by atoms with Crippen LogP contribution in [0.25, 0.3) is 11.7 Å². The molecule has 4 heterocycles. The van der Waals surface area contributed by atoms with Crippen LogP contribution in [0.4, 0.5) is 17.5 Å². The van der Waals surface area contributed by atoms with Gasteiger partial charge in [0.2, 0.25) is 5.91 Å². The highest BCUT2D eigenvalue weighted by atomic mass is 16.2. The van der Waals surface area contributed by atoms with Crippen LogP contribution < -0.4 is 10.6 Å². The lowest BCUT2D eigenvalue weighted by Gasteiger charge is -2.11. The van der Waals surface area contributed by atoms with Gasteiger partial charge in [-0.05, 0) is 36.6 Å². The van der Waals surface area contributed by atoms with Gasteiger partial charge in [0.15, 0.2) is 5.65 Å². The summed E-state index contributed by atoms with van der Waals surface area (Å²) in [5.41, 5.74) is 3.49. The average molecular weight is 412 g/mol. The standard InChI is InChI=1S/C22H20N8O/c1-13-15(8-21(31)29(13)2)7-16-12-25-30-20(26-17-4-5-17)9-19(28-22(16)30)27-18-6-3-14(10-23)11-24-18/h3,6-7,9,11-12,17,26H,1,4-5,8H2,2H3,(H,24,27,28)/b15-7+. The number of likely N-dealkylation sites (tertiary alicyclic amines) is 1. The van der Waals surface area contributed by atoms with Crippen LogP contribution in [-0.4, -0.2) is 43.5 Å². The average Bonchev–Trinajstić information content (AvgIpc) is 3.45. The van der Waals surface area contributed by atoms with E-state index in [-0.39, 0.29) is 5.91 Å². The van der Waals surface area contributed by atoms with E-state index >= 15 is 0 Å². The van der Waals surface area contributed by atoms with E-state index in [1.54, 1.807) is 34.8 Å². The van der Waals surface area contributed by atoms with Crippen molar-refractivity contribution in [2.45, 2.75) is 25.3 Å². The molecule has 1 amide bonds. The molecule has 2 aliphatic rings. The molecule has 31 heavy (non-hydrogen) atoms. The number of rotatable bonds is 5. The number of aromatic nitrogens is 4. The molecule has 9 nitrogen and oxygen atoms in total. The maximum absolute atomic E-state index is 12.0. The van der Waals surface area contributed by atoms with Crippen LogP contribution in [-0.2, 0) is 4.79 Å². The van der Waals surface area contributed by atoms with Gasteiger partial charge in [-0.3, -0.25) is 4.79 Å². The third-order valence-corrected chi connectivity index (χ3v) is 5.40. The van der Waals surface area contributed by atoms with E-state index in [0.717, 1.165) is 29.8 Å². The maximum Gasteiger partial charge on any atom is 0.231 e. The predicted molar refractivity (Wildman–Crippen MR) is 116 cm³/mol. The molecule has 0 spiro atoms. The minimum absolute atomic E-state index is 0.0195. The van der Waals surface area contributed by atoms with Gasteiger partial charge >= 0.3 is 0 Å². The molecule has 1 saturated carbocycles. The number of nitrogens with zero attached hydrogens (tertiary/aromatic N) is 6. The lowest BCUT2D eigenvalue weighted by molar-refractivity contribution is -0.125. The van der Waals surface area contributed by atoms with Crippen LogP contribution in [0.3, 0.4) is 0 Å². The number of likely N-dealkylation sites (N-methyl/N-ethyl adjacent to an activating group) is 1. The Morgan fingerprint density at radius 3 is 2.77 bits per heavy atom. The van der Waals surface area contributed by atoms with Crippen molar-refractivity contribution in [3.05, 3.63) is 59.6 Å². The zero-order valence-corrected chi connectivity index (χ0v) is 17.0. The molecule has 5 rings (SSSR count). The molecule has 9 heteroatoms. The molecule has 1 saturated heterocycles. The monoisotopic (exact) mass is 412 g/mol. The van der Waals surface area contributed by atoms with Crippen molar-refractivity contribution < 1.29 is 4.79 Å².